The van der Waals surface area contributed by atoms with Gasteiger partial charge in [0.15, 0.2) is 9.47 Å². The van der Waals surface area contributed by atoms with Crippen LogP contribution in [0.2, 0.25) is 0 Å². The van der Waals surface area contributed by atoms with Crippen molar-refractivity contribution in [3.05, 3.63) is 65.2 Å². The molecular weight excluding hydrogens is 452 g/mol. The summed E-state index contributed by atoms with van der Waals surface area (Å²) < 4.78 is 1.57. The number of thioether (sulfide) groups is 1. The smallest absolute Gasteiger partial charge is 0.266 e. The molecule has 7 nitrogen and oxygen atoms in total. The fourth-order valence-corrected chi connectivity index (χ4v) is 5.98. The number of rotatable bonds is 5. The van der Waals surface area contributed by atoms with Crippen LogP contribution >= 0.6 is 34.4 Å². The predicted molar refractivity (Wildman–Crippen MR) is 123 cm³/mol. The highest BCUT2D eigenvalue weighted by Gasteiger charge is 2.36. The molecule has 154 valence electrons. The zero-order chi connectivity index (χ0) is 21.5. The number of nitrogens with one attached hydrogen (secondary N) is 1. The number of amides is 3. The van der Waals surface area contributed by atoms with Crippen LogP contribution < -0.4 is 10.2 Å². The number of imide groups is 1. The van der Waals surface area contributed by atoms with Crippen LogP contribution in [0.3, 0.4) is 0 Å². The van der Waals surface area contributed by atoms with Gasteiger partial charge in [-0.05, 0) is 37.3 Å². The first-order chi connectivity index (χ1) is 15.0. The van der Waals surface area contributed by atoms with Crippen molar-refractivity contribution < 1.29 is 14.4 Å². The number of nitrogens with zero attached hydrogens (tertiary/aromatic N) is 3. The summed E-state index contributed by atoms with van der Waals surface area (Å²) in [4.78, 5) is 47.7. The topological polar surface area (TPSA) is 92.3 Å². The van der Waals surface area contributed by atoms with E-state index in [2.05, 4.69) is 15.3 Å². The van der Waals surface area contributed by atoms with Gasteiger partial charge in [-0.3, -0.25) is 14.4 Å². The van der Waals surface area contributed by atoms with E-state index in [1.165, 1.54) is 39.3 Å². The number of anilines is 2. The Morgan fingerprint density at radius 2 is 1.87 bits per heavy atom. The van der Waals surface area contributed by atoms with E-state index in [0.29, 0.717) is 21.9 Å². The first kappa shape index (κ1) is 19.9. The molecule has 0 unspecified atom stereocenters. The summed E-state index contributed by atoms with van der Waals surface area (Å²) in [5.41, 5.74) is 2.08. The molecule has 5 rings (SSSR count). The molecule has 10 heteroatoms. The number of hydrogen-bond donors (Lipinski definition) is 1. The fraction of sp³-hybridized carbons (Fsp3) is 0.0952. The summed E-state index contributed by atoms with van der Waals surface area (Å²) in [5, 5.41) is 4.78. The first-order valence-corrected chi connectivity index (χ1v) is 11.8. The lowest BCUT2D eigenvalue weighted by atomic mass is 10.1. The normalized spacial score (nSPS) is 14.2. The summed E-state index contributed by atoms with van der Waals surface area (Å²) in [6.07, 6.45) is 1.64. The first-order valence-electron chi connectivity index (χ1n) is 9.26. The molecule has 0 saturated heterocycles. The van der Waals surface area contributed by atoms with E-state index < -0.39 is 0 Å². The number of hydrogen-bond acceptors (Lipinski definition) is 8. The van der Waals surface area contributed by atoms with Crippen molar-refractivity contribution in [3.63, 3.8) is 0 Å². The van der Waals surface area contributed by atoms with E-state index in [4.69, 9.17) is 0 Å². The van der Waals surface area contributed by atoms with Gasteiger partial charge in [0, 0.05) is 11.6 Å². The Labute approximate surface area is 189 Å². The van der Waals surface area contributed by atoms with Gasteiger partial charge in [0.2, 0.25) is 5.91 Å². The van der Waals surface area contributed by atoms with Crippen LogP contribution in [-0.4, -0.2) is 32.9 Å². The molecule has 4 aromatic rings. The molecule has 1 aliphatic heterocycles. The lowest BCUT2D eigenvalue weighted by Gasteiger charge is -2.13. The lowest BCUT2D eigenvalue weighted by Crippen LogP contribution is -2.29. The highest BCUT2D eigenvalue weighted by molar-refractivity contribution is 8.02. The third-order valence-electron chi connectivity index (χ3n) is 4.71. The minimum Gasteiger partial charge on any atom is -0.301 e. The highest BCUT2D eigenvalue weighted by atomic mass is 32.2. The minimum atomic E-state index is -0.361. The van der Waals surface area contributed by atoms with E-state index in [1.807, 2.05) is 6.92 Å². The van der Waals surface area contributed by atoms with Crippen molar-refractivity contribution in [2.24, 2.45) is 0 Å². The molecule has 0 aliphatic carbocycles. The fourth-order valence-electron chi connectivity index (χ4n) is 3.20. The number of fused-ring (bicyclic) bond motifs is 2. The largest absolute Gasteiger partial charge is 0.301 e. The van der Waals surface area contributed by atoms with Crippen molar-refractivity contribution in [3.8, 4) is 0 Å². The third-order valence-corrected chi connectivity index (χ3v) is 7.61. The average Bonchev–Trinajstić information content (AvgIpc) is 3.47. The van der Waals surface area contributed by atoms with Crippen LogP contribution in [0.15, 0.2) is 58.4 Å². The highest BCUT2D eigenvalue weighted by Crippen LogP contribution is 2.36. The van der Waals surface area contributed by atoms with Crippen molar-refractivity contribution in [1.29, 1.82) is 0 Å². The monoisotopic (exact) mass is 466 g/mol. The molecule has 1 N–H and O–H groups in total. The number of thiazole rings is 2. The van der Waals surface area contributed by atoms with Crippen LogP contribution in [0.4, 0.5) is 10.8 Å². The van der Waals surface area contributed by atoms with Gasteiger partial charge >= 0.3 is 0 Å². The number of carbonyl (C=O) groups excluding carboxylic acids is 3. The van der Waals surface area contributed by atoms with E-state index in [0.717, 1.165) is 14.6 Å². The maximum absolute atomic E-state index is 12.7. The van der Waals surface area contributed by atoms with Gasteiger partial charge in [-0.25, -0.2) is 14.9 Å². The number of aromatic nitrogens is 2. The van der Waals surface area contributed by atoms with Crippen molar-refractivity contribution >= 4 is 73.2 Å². The Balaban J connectivity index is 1.37. The maximum Gasteiger partial charge on any atom is 0.266 e. The molecule has 2 aromatic carbocycles. The van der Waals surface area contributed by atoms with Crippen LogP contribution in [-0.2, 0) is 4.79 Å². The summed E-state index contributed by atoms with van der Waals surface area (Å²) in [7, 11) is 0. The zero-order valence-electron chi connectivity index (χ0n) is 16.1. The summed E-state index contributed by atoms with van der Waals surface area (Å²) in [6.45, 7) is 1.81. The SMILES string of the molecule is C[C@H](Sc1nc2ccc(N3C(=O)c4ccccc4C3=O)cc2s1)C(=O)Nc1nccs1. The Kier molecular flexibility index (Phi) is 5.05. The molecule has 1 atom stereocenters. The average molecular weight is 467 g/mol. The van der Waals surface area contributed by atoms with Gasteiger partial charge in [0.1, 0.15) is 0 Å². The molecule has 0 spiro atoms. The summed E-state index contributed by atoms with van der Waals surface area (Å²) in [5.74, 6) is -0.802. The molecule has 3 amide bonds. The van der Waals surface area contributed by atoms with Gasteiger partial charge in [-0.2, -0.15) is 0 Å². The van der Waals surface area contributed by atoms with E-state index >= 15 is 0 Å². The van der Waals surface area contributed by atoms with Crippen molar-refractivity contribution in [2.75, 3.05) is 10.2 Å². The molecule has 0 saturated carbocycles. The van der Waals surface area contributed by atoms with Gasteiger partial charge in [0.05, 0.1) is 32.3 Å². The quantitative estimate of drug-likeness (QED) is 0.339. The molecule has 0 radical (unpaired) electrons. The van der Waals surface area contributed by atoms with Gasteiger partial charge in [-0.15, -0.1) is 22.7 Å². The Morgan fingerprint density at radius 1 is 1.13 bits per heavy atom. The predicted octanol–water partition coefficient (Wildman–Crippen LogP) is 4.67. The van der Waals surface area contributed by atoms with E-state index in [9.17, 15) is 14.4 Å². The molecular formula is C21H14N4O3S3. The van der Waals surface area contributed by atoms with Crippen LogP contribution in [0.25, 0.3) is 10.2 Å². The number of carbonyl (C=O) groups is 3. The lowest BCUT2D eigenvalue weighted by molar-refractivity contribution is -0.115. The van der Waals surface area contributed by atoms with Crippen molar-refractivity contribution in [1.82, 2.24) is 9.97 Å². The Bertz CT molecular complexity index is 1300. The molecule has 31 heavy (non-hydrogen) atoms. The van der Waals surface area contributed by atoms with Crippen LogP contribution in [0.5, 0.6) is 0 Å². The molecule has 0 bridgehead atoms. The van der Waals surface area contributed by atoms with Crippen LogP contribution in [0, 0.1) is 0 Å². The van der Waals surface area contributed by atoms with Crippen LogP contribution in [0.1, 0.15) is 27.6 Å². The summed E-state index contributed by atoms with van der Waals surface area (Å²) in [6, 6.07) is 12.1. The second kappa shape index (κ2) is 7.88. The Morgan fingerprint density at radius 3 is 2.55 bits per heavy atom. The standard InChI is InChI=1S/C21H14N4O3S3/c1-11(17(26)24-20-22-8-9-29-20)30-21-23-15-7-6-12(10-16(15)31-21)25-18(27)13-4-2-3-5-14(13)19(25)28/h2-11H,1H3,(H,22,24,26)/t11-/m0/s1. The Hall–Kier alpha value is -3.08. The molecule has 0 fully saturated rings. The zero-order valence-corrected chi connectivity index (χ0v) is 18.5. The minimum absolute atomic E-state index is 0.147. The summed E-state index contributed by atoms with van der Waals surface area (Å²) >= 11 is 4.14. The third kappa shape index (κ3) is 3.62. The molecule has 1 aliphatic rings. The maximum atomic E-state index is 12.7. The number of benzene rings is 2. The second-order valence-electron chi connectivity index (χ2n) is 6.71. The van der Waals surface area contributed by atoms with Gasteiger partial charge < -0.3 is 5.32 Å². The van der Waals surface area contributed by atoms with Gasteiger partial charge in [0.25, 0.3) is 11.8 Å². The van der Waals surface area contributed by atoms with E-state index in [-0.39, 0.29) is 23.0 Å². The van der Waals surface area contributed by atoms with Crippen molar-refractivity contribution in [2.45, 2.75) is 16.5 Å². The van der Waals surface area contributed by atoms with Gasteiger partial charge in [-0.1, -0.05) is 23.9 Å². The second-order valence-corrected chi connectivity index (χ2v) is 10.2. The molecule has 3 heterocycles. The van der Waals surface area contributed by atoms with E-state index in [1.54, 1.807) is 54.0 Å². The molecule has 2 aromatic heterocycles.